The van der Waals surface area contributed by atoms with E-state index in [9.17, 15) is 0 Å². The summed E-state index contributed by atoms with van der Waals surface area (Å²) in [6.07, 6.45) is 3.29. The minimum atomic E-state index is 0. The molecular weight excluding hydrogens is 543 g/mol. The molecule has 0 spiro atoms. The van der Waals surface area contributed by atoms with Crippen LogP contribution in [-0.2, 0) is 13.1 Å². The highest BCUT2D eigenvalue weighted by Gasteiger charge is 2.09. The van der Waals surface area contributed by atoms with Crippen LogP contribution in [0.5, 0.6) is 0 Å². The number of rotatable bonds is 8. The Bertz CT molecular complexity index is 1120. The number of hydrogen-bond acceptors (Lipinski definition) is 4. The summed E-state index contributed by atoms with van der Waals surface area (Å²) in [4.78, 5) is 8.39. The second-order valence-electron chi connectivity index (χ2n) is 7.71. The summed E-state index contributed by atoms with van der Waals surface area (Å²) in [6.45, 7) is 4.48. The number of thiophene rings is 1. The number of nitrogens with one attached hydrogen (secondary N) is 2. The fraction of sp³-hybridized carbons (Fsp3) is 0.240. The van der Waals surface area contributed by atoms with Crippen molar-refractivity contribution < 1.29 is 0 Å². The van der Waals surface area contributed by atoms with Crippen LogP contribution in [0.15, 0.2) is 83.0 Å². The Morgan fingerprint density at radius 2 is 1.91 bits per heavy atom. The van der Waals surface area contributed by atoms with Crippen molar-refractivity contribution in [2.45, 2.75) is 25.9 Å². The quantitative estimate of drug-likeness (QED) is 0.174. The standard InChI is InChI=1S/C25H28N6S.HI/c1-19(23-11-12-32-16-23)13-28-25(26-2)29-14-22-5-3-4-6-24(22)21-9-7-20(8-10-21)15-31-18-27-17-30-31;/h3-12,16-19H,13-15H2,1-2H3,(H2,26,28,29);1H. The van der Waals surface area contributed by atoms with E-state index in [1.54, 1.807) is 24.0 Å². The van der Waals surface area contributed by atoms with E-state index in [1.807, 2.05) is 11.7 Å². The molecule has 0 radical (unpaired) electrons. The molecule has 33 heavy (non-hydrogen) atoms. The van der Waals surface area contributed by atoms with Gasteiger partial charge in [-0.2, -0.15) is 16.4 Å². The summed E-state index contributed by atoms with van der Waals surface area (Å²) in [5.41, 5.74) is 6.19. The van der Waals surface area contributed by atoms with Crippen LogP contribution in [0.25, 0.3) is 11.1 Å². The van der Waals surface area contributed by atoms with Crippen molar-refractivity contribution in [2.24, 2.45) is 4.99 Å². The molecule has 0 fully saturated rings. The third-order valence-corrected chi connectivity index (χ3v) is 6.15. The molecule has 2 aromatic heterocycles. The minimum absolute atomic E-state index is 0. The fourth-order valence-electron chi connectivity index (χ4n) is 3.57. The van der Waals surface area contributed by atoms with Crippen LogP contribution < -0.4 is 10.6 Å². The van der Waals surface area contributed by atoms with E-state index in [1.165, 1.54) is 27.8 Å². The maximum absolute atomic E-state index is 4.39. The summed E-state index contributed by atoms with van der Waals surface area (Å²) < 4.78 is 1.82. The van der Waals surface area contributed by atoms with E-state index in [0.29, 0.717) is 12.5 Å². The molecule has 0 aliphatic carbocycles. The maximum atomic E-state index is 4.39. The van der Waals surface area contributed by atoms with Gasteiger partial charge in [0.1, 0.15) is 12.7 Å². The largest absolute Gasteiger partial charge is 0.356 e. The molecule has 2 N–H and O–H groups in total. The Hall–Kier alpha value is -2.72. The normalized spacial score (nSPS) is 12.1. The molecule has 0 bridgehead atoms. The zero-order chi connectivity index (χ0) is 22.2. The van der Waals surface area contributed by atoms with Gasteiger partial charge in [-0.3, -0.25) is 4.99 Å². The highest BCUT2D eigenvalue weighted by Crippen LogP contribution is 2.24. The van der Waals surface area contributed by atoms with Gasteiger partial charge in [-0.25, -0.2) is 9.67 Å². The van der Waals surface area contributed by atoms with E-state index >= 15 is 0 Å². The minimum Gasteiger partial charge on any atom is -0.356 e. The molecule has 0 saturated carbocycles. The molecule has 0 aliphatic rings. The van der Waals surface area contributed by atoms with Crippen molar-refractivity contribution >= 4 is 41.3 Å². The van der Waals surface area contributed by atoms with Crippen LogP contribution in [0, 0.1) is 0 Å². The van der Waals surface area contributed by atoms with Crippen LogP contribution in [0.4, 0.5) is 0 Å². The third-order valence-electron chi connectivity index (χ3n) is 5.45. The molecule has 8 heteroatoms. The van der Waals surface area contributed by atoms with Crippen LogP contribution >= 0.6 is 35.3 Å². The maximum Gasteiger partial charge on any atom is 0.191 e. The molecule has 1 unspecified atom stereocenters. The summed E-state index contributed by atoms with van der Waals surface area (Å²) >= 11 is 1.74. The summed E-state index contributed by atoms with van der Waals surface area (Å²) in [5, 5.41) is 15.4. The smallest absolute Gasteiger partial charge is 0.191 e. The first-order valence-corrected chi connectivity index (χ1v) is 11.6. The second kappa shape index (κ2) is 12.5. The van der Waals surface area contributed by atoms with Gasteiger partial charge in [-0.1, -0.05) is 55.5 Å². The average molecular weight is 573 g/mol. The van der Waals surface area contributed by atoms with Crippen molar-refractivity contribution in [1.29, 1.82) is 0 Å². The van der Waals surface area contributed by atoms with Gasteiger partial charge in [0.15, 0.2) is 5.96 Å². The molecule has 2 aromatic carbocycles. The Labute approximate surface area is 216 Å². The predicted molar refractivity (Wildman–Crippen MR) is 147 cm³/mol. The van der Waals surface area contributed by atoms with Crippen LogP contribution in [-0.4, -0.2) is 34.3 Å². The summed E-state index contributed by atoms with van der Waals surface area (Å²) in [5.74, 6) is 1.24. The van der Waals surface area contributed by atoms with Gasteiger partial charge in [0.05, 0.1) is 6.54 Å². The Balaban J connectivity index is 0.00000306. The van der Waals surface area contributed by atoms with E-state index in [-0.39, 0.29) is 24.0 Å². The van der Waals surface area contributed by atoms with Crippen LogP contribution in [0.2, 0.25) is 0 Å². The molecule has 0 aliphatic heterocycles. The van der Waals surface area contributed by atoms with Gasteiger partial charge < -0.3 is 10.6 Å². The molecule has 0 saturated heterocycles. The first-order chi connectivity index (χ1) is 15.7. The summed E-state index contributed by atoms with van der Waals surface area (Å²) in [6, 6.07) is 19.3. The van der Waals surface area contributed by atoms with E-state index in [0.717, 1.165) is 19.0 Å². The molecule has 1 atom stereocenters. The van der Waals surface area contributed by atoms with Gasteiger partial charge in [0, 0.05) is 20.1 Å². The van der Waals surface area contributed by atoms with E-state index in [2.05, 4.69) is 98.0 Å². The lowest BCUT2D eigenvalue weighted by Gasteiger charge is -2.17. The topological polar surface area (TPSA) is 67.1 Å². The number of aromatic nitrogens is 3. The van der Waals surface area contributed by atoms with Crippen LogP contribution in [0.1, 0.15) is 29.5 Å². The van der Waals surface area contributed by atoms with Gasteiger partial charge in [0.2, 0.25) is 0 Å². The van der Waals surface area contributed by atoms with Crippen molar-refractivity contribution in [3.05, 3.63) is 94.7 Å². The lowest BCUT2D eigenvalue weighted by molar-refractivity contribution is 0.685. The first-order valence-electron chi connectivity index (χ1n) is 10.7. The average Bonchev–Trinajstić information content (AvgIpc) is 3.55. The van der Waals surface area contributed by atoms with Gasteiger partial charge in [-0.05, 0) is 50.6 Å². The number of guanidine groups is 1. The first kappa shape index (κ1) is 24.9. The molecule has 4 aromatic rings. The second-order valence-corrected chi connectivity index (χ2v) is 8.49. The SMILES string of the molecule is CN=C(NCc1ccccc1-c1ccc(Cn2cncn2)cc1)NCC(C)c1ccsc1.I. The van der Waals surface area contributed by atoms with E-state index < -0.39 is 0 Å². The van der Waals surface area contributed by atoms with Crippen LogP contribution in [0.3, 0.4) is 0 Å². The zero-order valence-electron chi connectivity index (χ0n) is 18.8. The lowest BCUT2D eigenvalue weighted by Crippen LogP contribution is -2.38. The lowest BCUT2D eigenvalue weighted by atomic mass is 9.98. The summed E-state index contributed by atoms with van der Waals surface area (Å²) in [7, 11) is 1.81. The number of aliphatic imine (C=N–C) groups is 1. The van der Waals surface area contributed by atoms with Gasteiger partial charge in [-0.15, -0.1) is 24.0 Å². The highest BCUT2D eigenvalue weighted by molar-refractivity contribution is 14.0. The highest BCUT2D eigenvalue weighted by atomic mass is 127. The number of benzene rings is 2. The number of nitrogens with zero attached hydrogens (tertiary/aromatic N) is 4. The van der Waals surface area contributed by atoms with Crippen molar-refractivity contribution in [2.75, 3.05) is 13.6 Å². The Morgan fingerprint density at radius 1 is 1.09 bits per heavy atom. The fourth-order valence-corrected chi connectivity index (χ4v) is 4.35. The van der Waals surface area contributed by atoms with Gasteiger partial charge >= 0.3 is 0 Å². The van der Waals surface area contributed by atoms with E-state index in [4.69, 9.17) is 0 Å². The predicted octanol–water partition coefficient (Wildman–Crippen LogP) is 5.14. The number of halogens is 1. The van der Waals surface area contributed by atoms with Crippen molar-refractivity contribution in [3.8, 4) is 11.1 Å². The third kappa shape index (κ3) is 6.88. The van der Waals surface area contributed by atoms with Crippen molar-refractivity contribution in [1.82, 2.24) is 25.4 Å². The number of hydrogen-bond donors (Lipinski definition) is 2. The Kier molecular flexibility index (Phi) is 9.44. The Morgan fingerprint density at radius 3 is 2.61 bits per heavy atom. The van der Waals surface area contributed by atoms with Crippen molar-refractivity contribution in [3.63, 3.8) is 0 Å². The molecule has 6 nitrogen and oxygen atoms in total. The monoisotopic (exact) mass is 572 g/mol. The molecule has 4 rings (SSSR count). The molecule has 172 valence electrons. The van der Waals surface area contributed by atoms with Gasteiger partial charge in [0.25, 0.3) is 0 Å². The molecular formula is C25H29IN6S. The molecule has 2 heterocycles. The molecule has 0 amide bonds. The zero-order valence-corrected chi connectivity index (χ0v) is 22.0.